The van der Waals surface area contributed by atoms with Crippen LogP contribution in [0.4, 0.5) is 4.79 Å². The van der Waals surface area contributed by atoms with Crippen molar-refractivity contribution in [2.75, 3.05) is 13.2 Å². The van der Waals surface area contributed by atoms with Gasteiger partial charge in [0.2, 0.25) is 0 Å². The van der Waals surface area contributed by atoms with Crippen molar-refractivity contribution in [1.29, 1.82) is 0 Å². The molecule has 0 fully saturated rings. The molecule has 2 N–H and O–H groups in total. The fourth-order valence-electron chi connectivity index (χ4n) is 2.81. The Morgan fingerprint density at radius 3 is 2.78 bits per heavy atom. The molecule has 0 aliphatic carbocycles. The molecule has 0 saturated heterocycles. The number of rotatable bonds is 4. The lowest BCUT2D eigenvalue weighted by atomic mass is 9.97. The van der Waals surface area contributed by atoms with Crippen molar-refractivity contribution < 1.29 is 9.53 Å². The first kappa shape index (κ1) is 15.4. The number of nitrogens with one attached hydrogen (secondary N) is 2. The zero-order chi connectivity index (χ0) is 16.1. The van der Waals surface area contributed by atoms with Crippen LogP contribution < -0.4 is 15.4 Å². The predicted octanol–water partition coefficient (Wildman–Crippen LogP) is 3.05. The van der Waals surface area contributed by atoms with Crippen molar-refractivity contribution in [2.45, 2.75) is 19.9 Å². The van der Waals surface area contributed by atoms with Gasteiger partial charge >= 0.3 is 6.03 Å². The van der Waals surface area contributed by atoms with Crippen molar-refractivity contribution in [1.82, 2.24) is 10.6 Å². The summed E-state index contributed by atoms with van der Waals surface area (Å²) in [5.74, 6) is 1.28. The van der Waals surface area contributed by atoms with Crippen molar-refractivity contribution in [3.8, 4) is 5.75 Å². The molecule has 2 aromatic rings. The number of hydrogen-bond donors (Lipinski definition) is 2. The molecule has 2 amide bonds. The summed E-state index contributed by atoms with van der Waals surface area (Å²) in [6.45, 7) is 3.86. The first-order chi connectivity index (χ1) is 11.2. The number of carbonyl (C=O) groups excluding carboxylic acids is 1. The maximum Gasteiger partial charge on any atom is 0.315 e. The zero-order valence-electron chi connectivity index (χ0n) is 13.3. The molecule has 120 valence electrons. The SMILES string of the molecule is Cc1ccccc1CNC(=O)NCC1COc2ccccc2C1. The molecule has 0 saturated carbocycles. The van der Waals surface area contributed by atoms with Crippen LogP contribution in [-0.2, 0) is 13.0 Å². The third-order valence-corrected chi connectivity index (χ3v) is 4.21. The minimum absolute atomic E-state index is 0.132. The summed E-state index contributed by atoms with van der Waals surface area (Å²) in [5.41, 5.74) is 3.54. The summed E-state index contributed by atoms with van der Waals surface area (Å²) in [6.07, 6.45) is 0.939. The molecule has 1 unspecified atom stereocenters. The first-order valence-corrected chi connectivity index (χ1v) is 7.99. The maximum atomic E-state index is 12.0. The number of urea groups is 1. The monoisotopic (exact) mass is 310 g/mol. The molecular formula is C19H22N2O2. The summed E-state index contributed by atoms with van der Waals surface area (Å²) in [4.78, 5) is 12.0. The fraction of sp³-hybridized carbons (Fsp3) is 0.316. The van der Waals surface area contributed by atoms with Gasteiger partial charge in [-0.3, -0.25) is 0 Å². The molecule has 0 spiro atoms. The topological polar surface area (TPSA) is 50.4 Å². The minimum Gasteiger partial charge on any atom is -0.493 e. The van der Waals surface area contributed by atoms with E-state index in [0.717, 1.165) is 17.7 Å². The average molecular weight is 310 g/mol. The molecule has 3 rings (SSSR count). The highest BCUT2D eigenvalue weighted by Gasteiger charge is 2.19. The number of aryl methyl sites for hydroxylation is 1. The smallest absolute Gasteiger partial charge is 0.315 e. The molecule has 1 aliphatic rings. The molecule has 4 nitrogen and oxygen atoms in total. The summed E-state index contributed by atoms with van der Waals surface area (Å²) < 4.78 is 5.74. The fourth-order valence-corrected chi connectivity index (χ4v) is 2.81. The van der Waals surface area contributed by atoms with Gasteiger partial charge in [0.25, 0.3) is 0 Å². The molecule has 1 heterocycles. The molecule has 0 bridgehead atoms. The Kier molecular flexibility index (Phi) is 4.81. The van der Waals surface area contributed by atoms with E-state index in [1.54, 1.807) is 0 Å². The van der Waals surface area contributed by atoms with Crippen LogP contribution in [0.5, 0.6) is 5.75 Å². The molecule has 1 aliphatic heterocycles. The van der Waals surface area contributed by atoms with Crippen molar-refractivity contribution >= 4 is 6.03 Å². The Morgan fingerprint density at radius 2 is 1.91 bits per heavy atom. The summed E-state index contributed by atoms with van der Waals surface area (Å²) in [5, 5.41) is 5.85. The number of fused-ring (bicyclic) bond motifs is 1. The lowest BCUT2D eigenvalue weighted by molar-refractivity contribution is 0.211. The van der Waals surface area contributed by atoms with E-state index in [0.29, 0.717) is 25.6 Å². The molecule has 2 aromatic carbocycles. The van der Waals surface area contributed by atoms with Gasteiger partial charge in [0.15, 0.2) is 0 Å². The number of ether oxygens (including phenoxy) is 1. The quantitative estimate of drug-likeness (QED) is 0.912. The summed E-state index contributed by atoms with van der Waals surface area (Å²) in [6, 6.07) is 16.0. The van der Waals surface area contributed by atoms with Crippen LogP contribution in [0.2, 0.25) is 0 Å². The van der Waals surface area contributed by atoms with E-state index in [2.05, 4.69) is 16.7 Å². The largest absolute Gasteiger partial charge is 0.493 e. The zero-order valence-corrected chi connectivity index (χ0v) is 13.3. The Hall–Kier alpha value is -2.49. The second-order valence-corrected chi connectivity index (χ2v) is 5.98. The van der Waals surface area contributed by atoms with E-state index < -0.39 is 0 Å². The molecular weight excluding hydrogens is 288 g/mol. The summed E-state index contributed by atoms with van der Waals surface area (Å²) >= 11 is 0. The maximum absolute atomic E-state index is 12.0. The number of para-hydroxylation sites is 1. The highest BCUT2D eigenvalue weighted by atomic mass is 16.5. The number of benzene rings is 2. The number of amides is 2. The third-order valence-electron chi connectivity index (χ3n) is 4.21. The van der Waals surface area contributed by atoms with E-state index in [4.69, 9.17) is 4.74 Å². The van der Waals surface area contributed by atoms with E-state index in [-0.39, 0.29) is 6.03 Å². The highest BCUT2D eigenvalue weighted by molar-refractivity contribution is 5.73. The number of carbonyl (C=O) groups is 1. The van der Waals surface area contributed by atoms with Crippen molar-refractivity contribution in [3.63, 3.8) is 0 Å². The van der Waals surface area contributed by atoms with E-state index in [9.17, 15) is 4.79 Å². The summed E-state index contributed by atoms with van der Waals surface area (Å²) in [7, 11) is 0. The van der Waals surface area contributed by atoms with Gasteiger partial charge in [-0.15, -0.1) is 0 Å². The minimum atomic E-state index is -0.132. The second-order valence-electron chi connectivity index (χ2n) is 5.98. The van der Waals surface area contributed by atoms with Gasteiger partial charge in [-0.25, -0.2) is 4.79 Å². The lowest BCUT2D eigenvalue weighted by Gasteiger charge is -2.25. The van der Waals surface area contributed by atoms with E-state index >= 15 is 0 Å². The average Bonchev–Trinajstić information content (AvgIpc) is 2.59. The second kappa shape index (κ2) is 7.18. The van der Waals surface area contributed by atoms with Gasteiger partial charge < -0.3 is 15.4 Å². The van der Waals surface area contributed by atoms with Gasteiger partial charge in [-0.05, 0) is 36.1 Å². The highest BCUT2D eigenvalue weighted by Crippen LogP contribution is 2.26. The van der Waals surface area contributed by atoms with E-state index in [1.165, 1.54) is 11.1 Å². The van der Waals surface area contributed by atoms with Crippen LogP contribution in [0, 0.1) is 12.8 Å². The van der Waals surface area contributed by atoms with Crippen LogP contribution in [0.25, 0.3) is 0 Å². The molecule has 23 heavy (non-hydrogen) atoms. The Balaban J connectivity index is 1.44. The Morgan fingerprint density at radius 1 is 1.13 bits per heavy atom. The van der Waals surface area contributed by atoms with Gasteiger partial charge in [0.05, 0.1) is 6.61 Å². The van der Waals surface area contributed by atoms with Gasteiger partial charge in [0, 0.05) is 19.0 Å². The first-order valence-electron chi connectivity index (χ1n) is 7.99. The van der Waals surface area contributed by atoms with Crippen LogP contribution in [0.15, 0.2) is 48.5 Å². The normalized spacial score (nSPS) is 16.1. The Labute approximate surface area is 136 Å². The van der Waals surface area contributed by atoms with Crippen molar-refractivity contribution in [3.05, 3.63) is 65.2 Å². The van der Waals surface area contributed by atoms with Crippen LogP contribution in [0.3, 0.4) is 0 Å². The molecule has 1 atom stereocenters. The number of hydrogen-bond acceptors (Lipinski definition) is 2. The van der Waals surface area contributed by atoms with Crippen molar-refractivity contribution in [2.24, 2.45) is 5.92 Å². The van der Waals surface area contributed by atoms with Crippen LogP contribution in [0.1, 0.15) is 16.7 Å². The van der Waals surface area contributed by atoms with Gasteiger partial charge in [-0.1, -0.05) is 42.5 Å². The predicted molar refractivity (Wildman–Crippen MR) is 90.5 cm³/mol. The standard InChI is InChI=1S/C19H22N2O2/c1-14-6-2-3-8-17(14)12-21-19(22)20-11-15-10-16-7-4-5-9-18(16)23-13-15/h2-9,15H,10-13H2,1H3,(H2,20,21,22). The van der Waals surface area contributed by atoms with Crippen LogP contribution in [-0.4, -0.2) is 19.2 Å². The lowest BCUT2D eigenvalue weighted by Crippen LogP contribution is -2.40. The Bertz CT molecular complexity index is 685. The van der Waals surface area contributed by atoms with Gasteiger partial charge in [-0.2, -0.15) is 0 Å². The van der Waals surface area contributed by atoms with Crippen LogP contribution >= 0.6 is 0 Å². The van der Waals surface area contributed by atoms with E-state index in [1.807, 2.05) is 49.4 Å². The molecule has 0 aromatic heterocycles. The molecule has 0 radical (unpaired) electrons. The molecule has 4 heteroatoms. The third kappa shape index (κ3) is 4.03. The van der Waals surface area contributed by atoms with Gasteiger partial charge in [0.1, 0.15) is 5.75 Å².